The van der Waals surface area contributed by atoms with Gasteiger partial charge in [0.2, 0.25) is 0 Å². The number of hydrogen-bond acceptors (Lipinski definition) is 3. The monoisotopic (exact) mass is 301 g/mol. The summed E-state index contributed by atoms with van der Waals surface area (Å²) in [5.41, 5.74) is 1.44. The van der Waals surface area contributed by atoms with Gasteiger partial charge in [-0.1, -0.05) is 30.3 Å². The Morgan fingerprint density at radius 3 is 2.41 bits per heavy atom. The van der Waals surface area contributed by atoms with Crippen LogP contribution in [0, 0.1) is 13.8 Å². The summed E-state index contributed by atoms with van der Waals surface area (Å²) < 4.78 is 5.40. The van der Waals surface area contributed by atoms with Crippen molar-refractivity contribution in [3.05, 3.63) is 59.0 Å². The van der Waals surface area contributed by atoms with E-state index in [9.17, 15) is 9.59 Å². The van der Waals surface area contributed by atoms with Crippen LogP contribution >= 0.6 is 0 Å². The van der Waals surface area contributed by atoms with Gasteiger partial charge in [0.05, 0.1) is 12.0 Å². The smallest absolute Gasteiger partial charge is 0.305 e. The third-order valence-corrected chi connectivity index (χ3v) is 3.37. The maximum Gasteiger partial charge on any atom is 0.305 e. The van der Waals surface area contributed by atoms with Crippen LogP contribution in [0.2, 0.25) is 0 Å². The first-order valence-electron chi connectivity index (χ1n) is 7.09. The number of furan rings is 1. The van der Waals surface area contributed by atoms with Crippen LogP contribution in [0.25, 0.3) is 0 Å². The molecule has 22 heavy (non-hydrogen) atoms. The van der Waals surface area contributed by atoms with Gasteiger partial charge in [0.15, 0.2) is 0 Å². The van der Waals surface area contributed by atoms with Gasteiger partial charge in [0.1, 0.15) is 11.5 Å². The Labute approximate surface area is 129 Å². The summed E-state index contributed by atoms with van der Waals surface area (Å²) in [6, 6.07) is 11.2. The molecule has 0 saturated heterocycles. The molecule has 0 bridgehead atoms. The number of nitrogens with zero attached hydrogens (tertiary/aromatic N) is 1. The van der Waals surface area contributed by atoms with Gasteiger partial charge in [-0.3, -0.25) is 9.59 Å². The van der Waals surface area contributed by atoms with Crippen molar-refractivity contribution >= 4 is 11.9 Å². The van der Waals surface area contributed by atoms with E-state index in [0.29, 0.717) is 23.6 Å². The molecule has 5 heteroatoms. The van der Waals surface area contributed by atoms with Crippen LogP contribution in [-0.4, -0.2) is 28.4 Å². The molecule has 0 radical (unpaired) electrons. The summed E-state index contributed by atoms with van der Waals surface area (Å²) in [5.74, 6) is 0.0834. The number of hydrogen-bond donors (Lipinski definition) is 1. The average molecular weight is 301 g/mol. The number of amides is 1. The molecule has 1 aromatic carbocycles. The molecule has 116 valence electrons. The summed E-state index contributed by atoms with van der Waals surface area (Å²) in [6.45, 7) is 4.05. The maximum atomic E-state index is 12.7. The molecular weight excluding hydrogens is 282 g/mol. The minimum atomic E-state index is -0.925. The van der Waals surface area contributed by atoms with Crippen molar-refractivity contribution in [2.45, 2.75) is 26.8 Å². The Morgan fingerprint density at radius 2 is 1.86 bits per heavy atom. The predicted octanol–water partition coefficient (Wildman–Crippen LogP) is 3.01. The zero-order valence-electron chi connectivity index (χ0n) is 12.7. The van der Waals surface area contributed by atoms with Gasteiger partial charge >= 0.3 is 5.97 Å². The van der Waals surface area contributed by atoms with E-state index in [1.165, 1.54) is 0 Å². The molecule has 0 aliphatic carbocycles. The minimum absolute atomic E-state index is 0.0888. The molecule has 0 aliphatic rings. The average Bonchev–Trinajstić information content (AvgIpc) is 2.82. The van der Waals surface area contributed by atoms with E-state index in [1.54, 1.807) is 24.8 Å². The van der Waals surface area contributed by atoms with Gasteiger partial charge in [-0.2, -0.15) is 0 Å². The van der Waals surface area contributed by atoms with Gasteiger partial charge in [-0.15, -0.1) is 0 Å². The fourth-order valence-electron chi connectivity index (χ4n) is 2.30. The summed E-state index contributed by atoms with van der Waals surface area (Å²) in [4.78, 5) is 25.0. The molecule has 1 amide bonds. The molecule has 0 spiro atoms. The Bertz CT molecular complexity index is 661. The first-order chi connectivity index (χ1) is 10.5. The second-order valence-corrected chi connectivity index (χ2v) is 5.18. The lowest BCUT2D eigenvalue weighted by Crippen LogP contribution is -2.32. The van der Waals surface area contributed by atoms with Gasteiger partial charge in [0, 0.05) is 13.1 Å². The molecule has 5 nitrogen and oxygen atoms in total. The van der Waals surface area contributed by atoms with E-state index >= 15 is 0 Å². The molecule has 0 atom stereocenters. The van der Waals surface area contributed by atoms with Crippen LogP contribution in [0.1, 0.15) is 33.9 Å². The van der Waals surface area contributed by atoms with Crippen molar-refractivity contribution in [2.24, 2.45) is 0 Å². The summed E-state index contributed by atoms with van der Waals surface area (Å²) in [6.07, 6.45) is -0.0888. The summed E-state index contributed by atoms with van der Waals surface area (Å²) in [5, 5.41) is 8.88. The van der Waals surface area contributed by atoms with E-state index in [1.807, 2.05) is 30.3 Å². The molecule has 1 heterocycles. The van der Waals surface area contributed by atoms with Gasteiger partial charge in [-0.05, 0) is 25.5 Å². The van der Waals surface area contributed by atoms with Crippen LogP contribution in [-0.2, 0) is 11.3 Å². The Kier molecular flexibility index (Phi) is 4.99. The molecule has 0 aliphatic heterocycles. The lowest BCUT2D eigenvalue weighted by Gasteiger charge is -2.22. The van der Waals surface area contributed by atoms with Crippen molar-refractivity contribution in [1.29, 1.82) is 0 Å². The van der Waals surface area contributed by atoms with E-state index < -0.39 is 5.97 Å². The van der Waals surface area contributed by atoms with Gasteiger partial charge < -0.3 is 14.4 Å². The molecule has 1 N–H and O–H groups in total. The van der Waals surface area contributed by atoms with Crippen molar-refractivity contribution in [1.82, 2.24) is 4.90 Å². The number of rotatable bonds is 6. The van der Waals surface area contributed by atoms with Crippen molar-refractivity contribution in [3.8, 4) is 0 Å². The second-order valence-electron chi connectivity index (χ2n) is 5.18. The van der Waals surface area contributed by atoms with Crippen LogP contribution in [0.5, 0.6) is 0 Å². The van der Waals surface area contributed by atoms with Gasteiger partial charge in [-0.25, -0.2) is 0 Å². The number of carboxylic acid groups (broad SMARTS) is 1. The Morgan fingerprint density at radius 1 is 1.18 bits per heavy atom. The summed E-state index contributed by atoms with van der Waals surface area (Å²) >= 11 is 0. The highest BCUT2D eigenvalue weighted by molar-refractivity contribution is 5.95. The molecule has 0 fully saturated rings. The number of benzene rings is 1. The molecule has 0 saturated carbocycles. The second kappa shape index (κ2) is 6.93. The quantitative estimate of drug-likeness (QED) is 0.890. The zero-order chi connectivity index (χ0) is 16.1. The highest BCUT2D eigenvalue weighted by Crippen LogP contribution is 2.18. The van der Waals surface area contributed by atoms with Gasteiger partial charge in [0.25, 0.3) is 5.91 Å². The van der Waals surface area contributed by atoms with E-state index in [4.69, 9.17) is 9.52 Å². The number of carboxylic acids is 1. The van der Waals surface area contributed by atoms with E-state index in [-0.39, 0.29) is 18.9 Å². The SMILES string of the molecule is Cc1cc(C(=O)N(CCC(=O)O)Cc2ccccc2)c(C)o1. The fourth-order valence-corrected chi connectivity index (χ4v) is 2.30. The molecule has 2 rings (SSSR count). The van der Waals surface area contributed by atoms with E-state index in [0.717, 1.165) is 5.56 Å². The van der Waals surface area contributed by atoms with Crippen LogP contribution < -0.4 is 0 Å². The highest BCUT2D eigenvalue weighted by Gasteiger charge is 2.21. The van der Waals surface area contributed by atoms with Crippen molar-refractivity contribution in [2.75, 3.05) is 6.54 Å². The van der Waals surface area contributed by atoms with Crippen molar-refractivity contribution < 1.29 is 19.1 Å². The molecule has 0 unspecified atom stereocenters. The lowest BCUT2D eigenvalue weighted by atomic mass is 10.1. The third kappa shape index (κ3) is 3.97. The first kappa shape index (κ1) is 15.8. The highest BCUT2D eigenvalue weighted by atomic mass is 16.4. The number of aliphatic carboxylic acids is 1. The minimum Gasteiger partial charge on any atom is -0.481 e. The molecule has 2 aromatic rings. The normalized spacial score (nSPS) is 10.5. The number of carbonyl (C=O) groups excluding carboxylic acids is 1. The van der Waals surface area contributed by atoms with E-state index in [2.05, 4.69) is 0 Å². The van der Waals surface area contributed by atoms with Crippen LogP contribution in [0.4, 0.5) is 0 Å². The van der Waals surface area contributed by atoms with Crippen LogP contribution in [0.3, 0.4) is 0 Å². The Balaban J connectivity index is 2.21. The first-order valence-corrected chi connectivity index (χ1v) is 7.09. The molecular formula is C17H19NO4. The lowest BCUT2D eigenvalue weighted by molar-refractivity contribution is -0.137. The number of carbonyl (C=O) groups is 2. The van der Waals surface area contributed by atoms with Crippen molar-refractivity contribution in [3.63, 3.8) is 0 Å². The third-order valence-electron chi connectivity index (χ3n) is 3.37. The van der Waals surface area contributed by atoms with Crippen LogP contribution in [0.15, 0.2) is 40.8 Å². The number of aryl methyl sites for hydroxylation is 2. The summed E-state index contributed by atoms with van der Waals surface area (Å²) in [7, 11) is 0. The predicted molar refractivity (Wildman–Crippen MR) is 81.6 cm³/mol. The zero-order valence-corrected chi connectivity index (χ0v) is 12.7. The standard InChI is InChI=1S/C17H19NO4/c1-12-10-15(13(2)22-12)17(21)18(9-8-16(19)20)11-14-6-4-3-5-7-14/h3-7,10H,8-9,11H2,1-2H3,(H,19,20). The topological polar surface area (TPSA) is 70.8 Å². The fraction of sp³-hybridized carbons (Fsp3) is 0.294. The largest absolute Gasteiger partial charge is 0.481 e. The Hall–Kier alpha value is -2.56. The maximum absolute atomic E-state index is 12.7. The molecule has 1 aromatic heterocycles.